The lowest BCUT2D eigenvalue weighted by molar-refractivity contribution is -0.133. The highest BCUT2D eigenvalue weighted by Gasteiger charge is 2.42. The molecule has 3 fully saturated rings. The van der Waals surface area contributed by atoms with Gasteiger partial charge in [0.1, 0.15) is 18.4 Å². The van der Waals surface area contributed by atoms with E-state index in [9.17, 15) is 24.3 Å². The number of anilines is 1. The SMILES string of the molecule is CC(C)N(C[C@H]1O[C@@H](n2cnc3c(NCCCCNC(=O)CCCC(=O)NCCOCCN[C@@H](Cc4ccccc4)C(=O)N4C/C(=C\c5ccc(Cl)c(Cl)c5)C(=O)/C(=C/c5ccc(Cl)c(Cl)c5)C4)ncnc32)CC1O)C1CC(CCc2nc3cc(C(C)(C)C)ccc3[nH]2)C1. The third-order valence-corrected chi connectivity index (χ3v) is 19.3. The summed E-state index contributed by atoms with van der Waals surface area (Å²) in [6, 6.07) is 26.5. The number of piperidine rings is 1. The number of nitrogens with zero attached hydrogens (tertiary/aromatic N) is 7. The number of fused-ring (bicyclic) bond motifs is 2. The van der Waals surface area contributed by atoms with Crippen molar-refractivity contribution in [3.05, 3.63) is 157 Å². The molecule has 0 bridgehead atoms. The minimum atomic E-state index is -0.662. The number of aliphatic hydroxyl groups is 1. The Labute approximate surface area is 570 Å². The number of hydrogen-bond donors (Lipinski definition) is 6. The molecule has 1 saturated carbocycles. The quantitative estimate of drug-likeness (QED) is 0.0182. The number of benzene rings is 4. The number of carbonyl (C=O) groups excluding carboxylic acids is 4. The smallest absolute Gasteiger partial charge is 0.240 e. The number of aryl methyl sites for hydroxylation is 1. The van der Waals surface area contributed by atoms with Crippen LogP contribution in [0, 0.1) is 5.92 Å². The molecule has 5 heterocycles. The molecule has 23 heteroatoms. The Hall–Kier alpha value is -6.78. The van der Waals surface area contributed by atoms with Crippen LogP contribution in [0.25, 0.3) is 34.3 Å². The lowest BCUT2D eigenvalue weighted by atomic mass is 9.76. The van der Waals surface area contributed by atoms with Gasteiger partial charge in [-0.15, -0.1) is 0 Å². The van der Waals surface area contributed by atoms with Gasteiger partial charge in [0.25, 0.3) is 0 Å². The topological polar surface area (TPSA) is 234 Å². The molecule has 3 aliphatic rings. The van der Waals surface area contributed by atoms with E-state index in [2.05, 4.69) is 98.9 Å². The molecule has 0 spiro atoms. The maximum atomic E-state index is 14.6. The highest BCUT2D eigenvalue weighted by Crippen LogP contribution is 2.39. The zero-order valence-electron chi connectivity index (χ0n) is 54.1. The van der Waals surface area contributed by atoms with Crippen LogP contribution in [0.4, 0.5) is 5.82 Å². The summed E-state index contributed by atoms with van der Waals surface area (Å²) in [4.78, 5) is 80.3. The highest BCUT2D eigenvalue weighted by atomic mass is 35.5. The van der Waals surface area contributed by atoms with Gasteiger partial charge in [0.05, 0.1) is 68.9 Å². The molecule has 7 aromatic rings. The van der Waals surface area contributed by atoms with Crippen LogP contribution in [0.15, 0.2) is 109 Å². The average molecular weight is 1360 g/mol. The Morgan fingerprint density at radius 2 is 1.47 bits per heavy atom. The second kappa shape index (κ2) is 32.8. The Balaban J connectivity index is 0.597. The molecule has 2 saturated heterocycles. The van der Waals surface area contributed by atoms with Crippen LogP contribution in [0.3, 0.4) is 0 Å². The number of rotatable bonds is 30. The van der Waals surface area contributed by atoms with Crippen molar-refractivity contribution in [3.63, 3.8) is 0 Å². The molecule has 4 aromatic carbocycles. The zero-order valence-corrected chi connectivity index (χ0v) is 57.1. The highest BCUT2D eigenvalue weighted by molar-refractivity contribution is 6.42. The summed E-state index contributed by atoms with van der Waals surface area (Å²) in [6.45, 7) is 14.1. The van der Waals surface area contributed by atoms with E-state index in [0.717, 1.165) is 60.9 Å². The van der Waals surface area contributed by atoms with Crippen LogP contribution < -0.4 is 21.3 Å². The lowest BCUT2D eigenvalue weighted by Gasteiger charge is -2.46. The van der Waals surface area contributed by atoms with Gasteiger partial charge in [0.2, 0.25) is 17.7 Å². The normalized spacial score (nSPS) is 19.6. The summed E-state index contributed by atoms with van der Waals surface area (Å²) in [7, 11) is 0. The summed E-state index contributed by atoms with van der Waals surface area (Å²) >= 11 is 25.1. The monoisotopic (exact) mass is 1360 g/mol. The van der Waals surface area contributed by atoms with E-state index in [-0.39, 0.29) is 80.7 Å². The molecule has 6 N–H and O–H groups in total. The fraction of sp³-hybridized carbons (Fsp3) is 0.465. The number of unbranched alkanes of at least 4 members (excludes halogenated alkanes) is 1. The van der Waals surface area contributed by atoms with Gasteiger partial charge < -0.3 is 45.7 Å². The standard InChI is InChI=1S/C71H86Cl4N12O7/c1-44(2)86(52-32-48(33-52)18-23-62-83-57-22-19-51(71(3,4)5)37-58(57)84-62)41-61-60(88)38-65(94-61)87-43-82-66-68(80-42-81-69(66)87)79-25-10-9-24-77-63(89)14-11-15-64(90)78-27-29-93-28-26-76-59(36-45-12-7-6-8-13-45)70(92)85-39-49(30-46-16-20-53(72)55(74)34-46)67(91)50(40-85)31-47-17-21-54(73)56(75)35-47/h6-8,12-13,16-17,19-22,30-31,34-35,37,42-44,48,52,59-61,65,76,88H,9-11,14-15,18,23-29,32-33,36,38-41H2,1-5H3,(H,77,89)(H,78,90)(H,83,84)(H,79,80,81)/b49-30+,50-31+/t48?,52?,59-,60?,61+,65+/m0/s1. The molecular formula is C71H86Cl4N12O7. The van der Waals surface area contributed by atoms with Gasteiger partial charge in [-0.25, -0.2) is 19.9 Å². The van der Waals surface area contributed by atoms with E-state index in [0.29, 0.717) is 123 Å². The maximum absolute atomic E-state index is 14.6. The Kier molecular flexibility index (Phi) is 24.4. The first-order valence-corrected chi connectivity index (χ1v) is 34.3. The Morgan fingerprint density at radius 1 is 0.798 bits per heavy atom. The third kappa shape index (κ3) is 18.8. The van der Waals surface area contributed by atoms with Crippen LogP contribution in [0.1, 0.15) is 127 Å². The van der Waals surface area contributed by atoms with Crippen molar-refractivity contribution in [2.75, 3.05) is 64.3 Å². The number of carbonyl (C=O) groups is 4. The van der Waals surface area contributed by atoms with E-state index >= 15 is 0 Å². The molecule has 1 unspecified atom stereocenters. The van der Waals surface area contributed by atoms with Gasteiger partial charge in [-0.2, -0.15) is 0 Å². The number of aromatic nitrogens is 6. The van der Waals surface area contributed by atoms with Crippen molar-refractivity contribution in [1.82, 2.24) is 55.2 Å². The number of hydrogen-bond acceptors (Lipinski definition) is 14. The minimum Gasteiger partial charge on any atom is -0.390 e. The number of aliphatic hydroxyl groups excluding tert-OH is 1. The van der Waals surface area contributed by atoms with Crippen LogP contribution in [-0.2, 0) is 46.9 Å². The molecule has 3 aromatic heterocycles. The minimum absolute atomic E-state index is 0.0637. The van der Waals surface area contributed by atoms with Crippen molar-refractivity contribution in [2.24, 2.45) is 5.92 Å². The number of amides is 3. The largest absolute Gasteiger partial charge is 0.390 e. The molecule has 500 valence electrons. The Morgan fingerprint density at radius 3 is 2.14 bits per heavy atom. The predicted molar refractivity (Wildman–Crippen MR) is 372 cm³/mol. The second-order valence-electron chi connectivity index (χ2n) is 26.2. The fourth-order valence-corrected chi connectivity index (χ4v) is 13.1. The molecule has 0 radical (unpaired) electrons. The summed E-state index contributed by atoms with van der Waals surface area (Å²) in [5, 5.41) is 25.4. The van der Waals surface area contributed by atoms with Gasteiger partial charge in [0, 0.05) is 94.7 Å². The molecule has 10 rings (SSSR count). The number of H-pyrrole nitrogens is 1. The number of Topliss-reactive ketones (excluding diaryl/α,β-unsaturated/α-hetero) is 1. The number of aromatic amines is 1. The number of likely N-dealkylation sites (tertiary alicyclic amines) is 1. The first-order valence-electron chi connectivity index (χ1n) is 32.8. The second-order valence-corrected chi connectivity index (χ2v) is 27.8. The third-order valence-electron chi connectivity index (χ3n) is 17.8. The molecule has 1 aliphatic carbocycles. The van der Waals surface area contributed by atoms with Gasteiger partial charge in [-0.05, 0) is 141 Å². The molecular weight excluding hydrogens is 1270 g/mol. The summed E-state index contributed by atoms with van der Waals surface area (Å²) in [5.41, 5.74) is 7.82. The van der Waals surface area contributed by atoms with E-state index in [1.807, 2.05) is 34.9 Å². The Bertz CT molecular complexity index is 3750. The van der Waals surface area contributed by atoms with Gasteiger partial charge in [-0.3, -0.25) is 28.6 Å². The summed E-state index contributed by atoms with van der Waals surface area (Å²) < 4.78 is 14.3. The molecule has 2 aliphatic heterocycles. The number of imidazole rings is 2. The molecule has 94 heavy (non-hydrogen) atoms. The van der Waals surface area contributed by atoms with Gasteiger partial charge in [0.15, 0.2) is 22.8 Å². The molecule has 3 amide bonds. The summed E-state index contributed by atoms with van der Waals surface area (Å²) in [6.07, 6.45) is 12.7. The molecule has 19 nitrogen and oxygen atoms in total. The number of halogens is 4. The van der Waals surface area contributed by atoms with E-state index in [1.165, 1.54) is 11.9 Å². The van der Waals surface area contributed by atoms with Crippen molar-refractivity contribution in [3.8, 4) is 0 Å². The number of ketones is 1. The zero-order chi connectivity index (χ0) is 66.5. The van der Waals surface area contributed by atoms with E-state index < -0.39 is 18.4 Å². The number of ether oxygens (including phenoxy) is 2. The van der Waals surface area contributed by atoms with Crippen molar-refractivity contribution in [2.45, 2.75) is 147 Å². The van der Waals surface area contributed by atoms with Crippen LogP contribution in [0.2, 0.25) is 20.1 Å². The van der Waals surface area contributed by atoms with Gasteiger partial charge >= 0.3 is 0 Å². The summed E-state index contributed by atoms with van der Waals surface area (Å²) in [5.74, 6) is 1.58. The maximum Gasteiger partial charge on any atom is 0.240 e. The van der Waals surface area contributed by atoms with Crippen LogP contribution in [-0.4, -0.2) is 157 Å². The molecule has 4 atom stereocenters. The van der Waals surface area contributed by atoms with Crippen molar-refractivity contribution >= 4 is 110 Å². The first kappa shape index (κ1) is 70.0. The number of nitrogens with one attached hydrogen (secondary N) is 5. The average Bonchev–Trinajstić information content (AvgIpc) is 1.52. The van der Waals surface area contributed by atoms with E-state index in [4.69, 9.17) is 60.9 Å². The lowest BCUT2D eigenvalue weighted by Crippen LogP contribution is -2.52. The first-order chi connectivity index (χ1) is 45.2. The van der Waals surface area contributed by atoms with Crippen molar-refractivity contribution < 1.29 is 33.8 Å². The fourth-order valence-electron chi connectivity index (χ4n) is 12.5. The predicted octanol–water partition coefficient (Wildman–Crippen LogP) is 11.8. The van der Waals surface area contributed by atoms with Crippen LogP contribution in [0.5, 0.6) is 0 Å². The van der Waals surface area contributed by atoms with Gasteiger partial charge in [-0.1, -0.05) is 116 Å². The van der Waals surface area contributed by atoms with E-state index in [1.54, 1.807) is 59.8 Å². The van der Waals surface area contributed by atoms with Crippen LogP contribution >= 0.6 is 46.4 Å². The van der Waals surface area contributed by atoms with Crippen molar-refractivity contribution in [1.29, 1.82) is 0 Å².